The molecular weight excluding hydrogens is 390 g/mol. The van der Waals surface area contributed by atoms with Gasteiger partial charge in [0, 0.05) is 15.7 Å². The molecule has 0 saturated carbocycles. The molecule has 0 aromatic carbocycles. The van der Waals surface area contributed by atoms with Gasteiger partial charge >= 0.3 is 12.4 Å². The van der Waals surface area contributed by atoms with Crippen LogP contribution in [-0.4, -0.2) is 12.4 Å². The zero-order valence-electron chi connectivity index (χ0n) is 12.9. The molecule has 0 fully saturated rings. The van der Waals surface area contributed by atoms with Crippen molar-refractivity contribution in [1.82, 2.24) is 0 Å². The molecule has 9 heteroatoms. The Morgan fingerprint density at radius 1 is 0.926 bits per heavy atom. The molecule has 148 valence electrons. The molecule has 2 nitrogen and oxygen atoms in total. The van der Waals surface area contributed by atoms with Crippen molar-refractivity contribution in [3.63, 3.8) is 0 Å². The van der Waals surface area contributed by atoms with E-state index in [0.29, 0.717) is 10.4 Å². The molecule has 0 N–H and O–H groups in total. The van der Waals surface area contributed by atoms with Gasteiger partial charge in [0.25, 0.3) is 0 Å². The lowest BCUT2D eigenvalue weighted by molar-refractivity contribution is -0.111. The average Bonchev–Trinajstić information content (AvgIpc) is 2.94. The summed E-state index contributed by atoms with van der Waals surface area (Å²) in [6, 6.07) is 3.81. The lowest BCUT2D eigenvalue weighted by atomic mass is 9.87. The number of hydrogen-bond acceptors (Lipinski definition) is 3. The van der Waals surface area contributed by atoms with E-state index in [2.05, 4.69) is 0 Å². The second-order valence-electron chi connectivity index (χ2n) is 5.49. The van der Waals surface area contributed by atoms with E-state index in [0.717, 1.165) is 17.0 Å². The number of halogens is 6. The second kappa shape index (κ2) is 8.18. The van der Waals surface area contributed by atoms with Crippen molar-refractivity contribution < 1.29 is 26.3 Å². The summed E-state index contributed by atoms with van der Waals surface area (Å²) in [5.41, 5.74) is -5.33. The molecule has 0 unspecified atom stereocenters. The first-order valence-corrected chi connectivity index (χ1v) is 7.72. The third-order valence-corrected chi connectivity index (χ3v) is 4.90. The fourth-order valence-corrected chi connectivity index (χ4v) is 3.94. The molecule has 1 aliphatic carbocycles. The fraction of sp³-hybridized carbons (Fsp3) is 0.444. The topological polar surface area (TPSA) is 47.6 Å². The van der Waals surface area contributed by atoms with Gasteiger partial charge in [-0.05, 0) is 31.9 Å². The monoisotopic (exact) mass is 408 g/mol. The molecule has 1 aromatic rings. The van der Waals surface area contributed by atoms with Crippen LogP contribution in [0.1, 0.15) is 30.2 Å². The number of nitrogens with zero attached hydrogens (tertiary/aromatic N) is 2. The first-order valence-electron chi connectivity index (χ1n) is 6.91. The number of alkyl halides is 6. The van der Waals surface area contributed by atoms with Crippen molar-refractivity contribution in [3.8, 4) is 12.1 Å². The van der Waals surface area contributed by atoms with Crippen LogP contribution in [0.4, 0.5) is 26.3 Å². The Balaban J connectivity index is 0.00000338. The summed E-state index contributed by atoms with van der Waals surface area (Å²) >= 11 is 1.26. The molecule has 0 saturated heterocycles. The molecule has 1 aliphatic rings. The Morgan fingerprint density at radius 3 is 1.59 bits per heavy atom. The van der Waals surface area contributed by atoms with E-state index in [-0.39, 0.29) is 14.9 Å². The SMILES string of the molecule is C.C.Cc1cc(CC2C(C(F)(F)F)=C(C#N)C(C#N)=C2C(F)(F)F)c(C)s1. The number of allylic oxidation sites excluding steroid dienone is 4. The maximum absolute atomic E-state index is 13.4. The number of thiophene rings is 1. The third kappa shape index (κ3) is 4.54. The normalized spacial score (nSPS) is 15.2. The van der Waals surface area contributed by atoms with Crippen LogP contribution in [0.25, 0.3) is 0 Å². The van der Waals surface area contributed by atoms with Gasteiger partial charge in [-0.3, -0.25) is 0 Å². The van der Waals surface area contributed by atoms with Crippen molar-refractivity contribution in [1.29, 1.82) is 10.5 Å². The largest absolute Gasteiger partial charge is 0.414 e. The van der Waals surface area contributed by atoms with Crippen LogP contribution >= 0.6 is 11.3 Å². The predicted octanol–water partition coefficient (Wildman–Crippen LogP) is 6.57. The summed E-state index contributed by atoms with van der Waals surface area (Å²) in [6.45, 7) is 3.30. The fourth-order valence-electron chi connectivity index (χ4n) is 2.98. The second-order valence-corrected chi connectivity index (χ2v) is 6.95. The van der Waals surface area contributed by atoms with E-state index < -0.39 is 47.0 Å². The highest BCUT2D eigenvalue weighted by atomic mass is 32.1. The summed E-state index contributed by atoms with van der Waals surface area (Å²) in [5.74, 6) is -2.13. The van der Waals surface area contributed by atoms with Gasteiger partial charge in [0.15, 0.2) is 0 Å². The van der Waals surface area contributed by atoms with Gasteiger partial charge in [-0.15, -0.1) is 11.3 Å². The van der Waals surface area contributed by atoms with Crippen LogP contribution in [0.5, 0.6) is 0 Å². The summed E-state index contributed by atoms with van der Waals surface area (Å²) in [6.07, 6.45) is -10.9. The maximum atomic E-state index is 13.4. The minimum absolute atomic E-state index is 0. The number of nitriles is 2. The van der Waals surface area contributed by atoms with Gasteiger partial charge in [0.1, 0.15) is 12.1 Å². The van der Waals surface area contributed by atoms with Gasteiger partial charge in [0.2, 0.25) is 0 Å². The van der Waals surface area contributed by atoms with Gasteiger partial charge < -0.3 is 0 Å². The van der Waals surface area contributed by atoms with Crippen LogP contribution in [0.3, 0.4) is 0 Å². The predicted molar refractivity (Wildman–Crippen MR) is 91.8 cm³/mol. The van der Waals surface area contributed by atoms with Gasteiger partial charge in [-0.2, -0.15) is 36.9 Å². The van der Waals surface area contributed by atoms with Crippen molar-refractivity contribution in [2.75, 3.05) is 0 Å². The molecule has 0 amide bonds. The molecule has 2 rings (SSSR count). The number of hydrogen-bond donors (Lipinski definition) is 0. The average molecular weight is 408 g/mol. The molecule has 0 radical (unpaired) electrons. The Bertz CT molecular complexity index is 808. The van der Waals surface area contributed by atoms with Crippen LogP contribution in [0.2, 0.25) is 0 Å². The van der Waals surface area contributed by atoms with Gasteiger partial charge in [-0.25, -0.2) is 0 Å². The molecule has 1 heterocycles. The van der Waals surface area contributed by atoms with Crippen LogP contribution < -0.4 is 0 Å². The van der Waals surface area contributed by atoms with Crippen molar-refractivity contribution in [2.24, 2.45) is 5.92 Å². The highest BCUT2D eigenvalue weighted by Crippen LogP contribution is 2.52. The minimum atomic E-state index is -5.15. The summed E-state index contributed by atoms with van der Waals surface area (Å²) in [7, 11) is 0. The molecule has 0 spiro atoms. The Kier molecular flexibility index (Phi) is 7.50. The molecule has 27 heavy (non-hydrogen) atoms. The van der Waals surface area contributed by atoms with E-state index in [4.69, 9.17) is 10.5 Å². The van der Waals surface area contributed by atoms with E-state index >= 15 is 0 Å². The number of aryl methyl sites for hydroxylation is 2. The van der Waals surface area contributed by atoms with Crippen molar-refractivity contribution >= 4 is 11.3 Å². The smallest absolute Gasteiger partial charge is 0.192 e. The lowest BCUT2D eigenvalue weighted by Crippen LogP contribution is -2.27. The van der Waals surface area contributed by atoms with Gasteiger partial charge in [0.05, 0.1) is 22.3 Å². The van der Waals surface area contributed by atoms with Crippen LogP contribution in [0, 0.1) is 42.4 Å². The Hall–Kier alpha value is -2.26. The first kappa shape index (κ1) is 24.7. The standard InChI is InChI=1S/C16H10F6N2S.2CH4/c1-7-3-9(8(2)25-7)4-10-13(15(17,18)19)11(5-23)12(6-24)14(10)16(20,21)22;;/h3,10H,4H2,1-2H3;2*1H4. The molecular formula is C18H18F6N2S. The maximum Gasteiger partial charge on any atom is 0.414 e. The molecule has 1 aromatic heterocycles. The van der Waals surface area contributed by atoms with Crippen molar-refractivity contribution in [3.05, 3.63) is 43.7 Å². The minimum Gasteiger partial charge on any atom is -0.192 e. The van der Waals surface area contributed by atoms with Crippen LogP contribution in [0.15, 0.2) is 28.4 Å². The van der Waals surface area contributed by atoms with E-state index in [1.54, 1.807) is 13.8 Å². The van der Waals surface area contributed by atoms with E-state index in [1.165, 1.54) is 17.4 Å². The van der Waals surface area contributed by atoms with Crippen LogP contribution in [-0.2, 0) is 6.42 Å². The molecule has 0 bridgehead atoms. The lowest BCUT2D eigenvalue weighted by Gasteiger charge is -2.22. The summed E-state index contributed by atoms with van der Waals surface area (Å²) in [4.78, 5) is 1.35. The highest BCUT2D eigenvalue weighted by molar-refractivity contribution is 7.12. The Morgan fingerprint density at radius 2 is 1.33 bits per heavy atom. The quantitative estimate of drug-likeness (QED) is 0.519. The van der Waals surface area contributed by atoms with Crippen molar-refractivity contribution in [2.45, 2.75) is 47.5 Å². The first-order chi connectivity index (χ1) is 11.4. The highest BCUT2D eigenvalue weighted by Gasteiger charge is 2.55. The summed E-state index contributed by atoms with van der Waals surface area (Å²) in [5, 5.41) is 17.9. The summed E-state index contributed by atoms with van der Waals surface area (Å²) < 4.78 is 80.5. The zero-order valence-corrected chi connectivity index (χ0v) is 13.7. The molecule has 0 aliphatic heterocycles. The number of rotatable bonds is 2. The third-order valence-electron chi connectivity index (χ3n) is 3.89. The molecule has 0 atom stereocenters. The zero-order chi connectivity index (χ0) is 19.2. The van der Waals surface area contributed by atoms with E-state index in [1.807, 2.05) is 0 Å². The van der Waals surface area contributed by atoms with E-state index in [9.17, 15) is 26.3 Å². The Labute approximate surface area is 158 Å². The van der Waals surface area contributed by atoms with Gasteiger partial charge in [-0.1, -0.05) is 14.9 Å².